The second kappa shape index (κ2) is 7.98. The molecule has 0 aliphatic carbocycles. The molecule has 2 aromatic carbocycles. The van der Waals surface area contributed by atoms with Crippen molar-refractivity contribution in [1.82, 2.24) is 0 Å². The normalized spacial score (nSPS) is 10.2. The molecule has 23 heavy (non-hydrogen) atoms. The molecule has 0 fully saturated rings. The Labute approximate surface area is 139 Å². The third-order valence-corrected chi connectivity index (χ3v) is 4.06. The Bertz CT molecular complexity index is 824. The van der Waals surface area contributed by atoms with E-state index in [1.807, 2.05) is 24.3 Å². The van der Waals surface area contributed by atoms with Crippen LogP contribution in [-0.4, -0.2) is 11.5 Å². The summed E-state index contributed by atoms with van der Waals surface area (Å²) in [5.74, 6) is 0.870. The highest BCUT2D eigenvalue weighted by Gasteiger charge is 2.04. The van der Waals surface area contributed by atoms with Crippen LogP contribution < -0.4 is 0 Å². The van der Waals surface area contributed by atoms with Gasteiger partial charge in [0, 0.05) is 10.5 Å². The lowest BCUT2D eigenvalue weighted by Crippen LogP contribution is -1.94. The Morgan fingerprint density at radius 2 is 1.87 bits per heavy atom. The molecule has 4 heteroatoms. The van der Waals surface area contributed by atoms with Gasteiger partial charge in [-0.2, -0.15) is 10.5 Å². The lowest BCUT2D eigenvalue weighted by atomic mass is 10.0. The van der Waals surface area contributed by atoms with Crippen molar-refractivity contribution in [1.29, 1.82) is 10.5 Å². The number of rotatable bonds is 5. The van der Waals surface area contributed by atoms with Crippen LogP contribution >= 0.6 is 11.8 Å². The molecule has 0 saturated heterocycles. The summed E-state index contributed by atoms with van der Waals surface area (Å²) in [7, 11) is 0. The van der Waals surface area contributed by atoms with Gasteiger partial charge in [0.25, 0.3) is 0 Å². The first-order chi connectivity index (χ1) is 11.2. The van der Waals surface area contributed by atoms with Crippen molar-refractivity contribution in [2.75, 3.05) is 5.75 Å². The minimum absolute atomic E-state index is 0.119. The molecular weight excluding hydrogens is 304 g/mol. The molecule has 0 bridgehead atoms. The van der Waals surface area contributed by atoms with E-state index in [4.69, 9.17) is 10.5 Å². The predicted molar refractivity (Wildman–Crippen MR) is 92.1 cm³/mol. The third-order valence-electron chi connectivity index (χ3n) is 3.17. The van der Waals surface area contributed by atoms with Crippen molar-refractivity contribution in [3.63, 3.8) is 0 Å². The number of benzene rings is 2. The minimum atomic E-state index is -0.119. The molecule has 0 saturated carbocycles. The molecule has 2 aromatic rings. The van der Waals surface area contributed by atoms with E-state index in [1.54, 1.807) is 42.1 Å². The molecule has 112 valence electrons. The molecule has 0 atom stereocenters. The maximum atomic E-state index is 12.2. The fourth-order valence-corrected chi connectivity index (χ4v) is 2.67. The molecular formula is C19H14N2OS. The Hall–Kier alpha value is -2.82. The van der Waals surface area contributed by atoms with Crippen molar-refractivity contribution in [2.24, 2.45) is 0 Å². The van der Waals surface area contributed by atoms with Crippen LogP contribution in [-0.2, 0) is 0 Å². The molecule has 0 amide bonds. The van der Waals surface area contributed by atoms with Crippen molar-refractivity contribution >= 4 is 23.6 Å². The average Bonchev–Trinajstić information content (AvgIpc) is 2.60. The number of nitrogens with zero attached hydrogens (tertiary/aromatic N) is 2. The van der Waals surface area contributed by atoms with E-state index in [0.717, 1.165) is 10.6 Å². The summed E-state index contributed by atoms with van der Waals surface area (Å²) in [5, 5.41) is 18.0. The van der Waals surface area contributed by atoms with E-state index in [1.165, 1.54) is 12.1 Å². The molecule has 0 heterocycles. The zero-order chi connectivity index (χ0) is 16.7. The topological polar surface area (TPSA) is 64.7 Å². The molecule has 0 radical (unpaired) electrons. The van der Waals surface area contributed by atoms with Gasteiger partial charge in [0.1, 0.15) is 0 Å². The monoisotopic (exact) mass is 318 g/mol. The van der Waals surface area contributed by atoms with Gasteiger partial charge in [-0.25, -0.2) is 0 Å². The molecule has 0 spiro atoms. The zero-order valence-corrected chi connectivity index (χ0v) is 13.4. The predicted octanol–water partition coefficient (Wildman–Crippen LogP) is 4.44. The third kappa shape index (κ3) is 4.32. The fraction of sp³-hybridized carbons (Fsp3) is 0.105. The van der Waals surface area contributed by atoms with Crippen LogP contribution in [0.4, 0.5) is 0 Å². The van der Waals surface area contributed by atoms with Gasteiger partial charge in [-0.3, -0.25) is 4.79 Å². The van der Waals surface area contributed by atoms with Gasteiger partial charge in [-0.15, -0.1) is 11.8 Å². The molecule has 0 aliphatic rings. The van der Waals surface area contributed by atoms with Crippen molar-refractivity contribution < 1.29 is 4.79 Å². The van der Waals surface area contributed by atoms with Crippen molar-refractivity contribution in [2.45, 2.75) is 11.8 Å². The summed E-state index contributed by atoms with van der Waals surface area (Å²) in [6.45, 7) is 2.08. The van der Waals surface area contributed by atoms with Crippen LogP contribution in [0.2, 0.25) is 0 Å². The van der Waals surface area contributed by atoms with Gasteiger partial charge in [-0.1, -0.05) is 13.0 Å². The maximum absolute atomic E-state index is 12.2. The number of hydrogen-bond acceptors (Lipinski definition) is 4. The second-order valence-electron chi connectivity index (χ2n) is 4.68. The maximum Gasteiger partial charge on any atom is 0.185 e. The lowest BCUT2D eigenvalue weighted by molar-refractivity contribution is 0.104. The van der Waals surface area contributed by atoms with Crippen molar-refractivity contribution in [3.05, 3.63) is 70.8 Å². The number of hydrogen-bond donors (Lipinski definition) is 0. The van der Waals surface area contributed by atoms with E-state index >= 15 is 0 Å². The summed E-state index contributed by atoms with van der Waals surface area (Å²) in [6.07, 6.45) is 3.06. The number of carbonyl (C=O) groups is 1. The van der Waals surface area contributed by atoms with Gasteiger partial charge < -0.3 is 0 Å². The van der Waals surface area contributed by atoms with Gasteiger partial charge in [0.05, 0.1) is 23.3 Å². The molecule has 0 aromatic heterocycles. The molecule has 3 nitrogen and oxygen atoms in total. The van der Waals surface area contributed by atoms with Crippen LogP contribution in [0.25, 0.3) is 6.08 Å². The zero-order valence-electron chi connectivity index (χ0n) is 12.6. The Kier molecular flexibility index (Phi) is 5.74. The smallest absolute Gasteiger partial charge is 0.185 e. The molecule has 0 N–H and O–H groups in total. The highest BCUT2D eigenvalue weighted by atomic mass is 32.2. The first-order valence-corrected chi connectivity index (χ1v) is 8.06. The highest BCUT2D eigenvalue weighted by molar-refractivity contribution is 7.99. The van der Waals surface area contributed by atoms with Crippen LogP contribution in [0.3, 0.4) is 0 Å². The molecule has 2 rings (SSSR count). The van der Waals surface area contributed by atoms with Gasteiger partial charge >= 0.3 is 0 Å². The molecule has 0 aliphatic heterocycles. The van der Waals surface area contributed by atoms with E-state index in [9.17, 15) is 4.79 Å². The summed E-state index contributed by atoms with van der Waals surface area (Å²) in [5.41, 5.74) is 2.03. The summed E-state index contributed by atoms with van der Waals surface area (Å²) in [6, 6.07) is 16.3. The Morgan fingerprint density at radius 1 is 1.13 bits per heavy atom. The van der Waals surface area contributed by atoms with Gasteiger partial charge in [0.2, 0.25) is 0 Å². The average molecular weight is 318 g/mol. The first-order valence-electron chi connectivity index (χ1n) is 7.07. The lowest BCUT2D eigenvalue weighted by Gasteiger charge is -2.01. The number of allylic oxidation sites excluding steroid dienone is 1. The fourth-order valence-electron chi connectivity index (χ4n) is 2.01. The van der Waals surface area contributed by atoms with Gasteiger partial charge in [0.15, 0.2) is 5.78 Å². The van der Waals surface area contributed by atoms with Crippen LogP contribution in [0, 0.1) is 22.7 Å². The Morgan fingerprint density at radius 3 is 2.48 bits per heavy atom. The van der Waals surface area contributed by atoms with Gasteiger partial charge in [-0.05, 0) is 59.9 Å². The summed E-state index contributed by atoms with van der Waals surface area (Å²) >= 11 is 1.72. The van der Waals surface area contributed by atoms with E-state index in [-0.39, 0.29) is 5.78 Å². The number of carbonyl (C=O) groups excluding carboxylic acids is 1. The number of nitriles is 2. The largest absolute Gasteiger partial charge is 0.289 e. The Balaban J connectivity index is 2.18. The van der Waals surface area contributed by atoms with Crippen LogP contribution in [0.5, 0.6) is 0 Å². The quantitative estimate of drug-likeness (QED) is 0.464. The van der Waals surface area contributed by atoms with E-state index < -0.39 is 0 Å². The van der Waals surface area contributed by atoms with Crippen LogP contribution in [0.1, 0.15) is 34.0 Å². The van der Waals surface area contributed by atoms with Crippen molar-refractivity contribution in [3.8, 4) is 12.1 Å². The number of thioether (sulfide) groups is 1. The minimum Gasteiger partial charge on any atom is -0.289 e. The molecule has 0 unspecified atom stereocenters. The van der Waals surface area contributed by atoms with Crippen LogP contribution in [0.15, 0.2) is 53.4 Å². The second-order valence-corrected chi connectivity index (χ2v) is 6.02. The first kappa shape index (κ1) is 16.5. The number of ketones is 1. The SMILES string of the molecule is CCSc1ccc(C(=O)C=Cc2ccc(C#N)cc2C#N)cc1. The standard InChI is InChI=1S/C19H14N2OS/c1-2-23-18-8-5-16(6-9-18)19(22)10-7-15-4-3-14(12-20)11-17(15)13-21/h3-11H,2H2,1H3. The summed E-state index contributed by atoms with van der Waals surface area (Å²) < 4.78 is 0. The van der Waals surface area contributed by atoms with E-state index in [2.05, 4.69) is 6.92 Å². The van der Waals surface area contributed by atoms with E-state index in [0.29, 0.717) is 22.3 Å². The summed E-state index contributed by atoms with van der Waals surface area (Å²) in [4.78, 5) is 13.3. The highest BCUT2D eigenvalue weighted by Crippen LogP contribution is 2.18.